The summed E-state index contributed by atoms with van der Waals surface area (Å²) >= 11 is 0. The number of anilines is 3. The van der Waals surface area contributed by atoms with E-state index < -0.39 is 0 Å². The minimum absolute atomic E-state index is 0.230. The van der Waals surface area contributed by atoms with Crippen LogP contribution in [0.4, 0.5) is 21.6 Å². The van der Waals surface area contributed by atoms with E-state index in [-0.39, 0.29) is 17.4 Å². The molecule has 0 saturated heterocycles. The van der Waals surface area contributed by atoms with Crippen molar-refractivity contribution in [2.75, 3.05) is 10.6 Å². The second-order valence-corrected chi connectivity index (χ2v) is 5.64. The van der Waals surface area contributed by atoms with E-state index in [4.69, 9.17) is 0 Å². The Labute approximate surface area is 145 Å². The lowest BCUT2D eigenvalue weighted by Crippen LogP contribution is -2.15. The fourth-order valence-corrected chi connectivity index (χ4v) is 2.38. The Morgan fingerprint density at radius 2 is 1.72 bits per heavy atom. The molecule has 3 rings (SSSR count). The van der Waals surface area contributed by atoms with Gasteiger partial charge < -0.3 is 10.6 Å². The average Bonchev–Trinajstić information content (AvgIpc) is 2.54. The van der Waals surface area contributed by atoms with Crippen LogP contribution in [-0.2, 0) is 0 Å². The van der Waals surface area contributed by atoms with E-state index in [9.17, 15) is 9.18 Å². The van der Waals surface area contributed by atoms with Crippen molar-refractivity contribution >= 4 is 23.1 Å². The first kappa shape index (κ1) is 16.6. The number of halogens is 1. The summed E-state index contributed by atoms with van der Waals surface area (Å²) in [6, 6.07) is 15.1. The van der Waals surface area contributed by atoms with Crippen molar-refractivity contribution in [3.8, 4) is 0 Å². The molecule has 0 fully saturated rings. The number of amides is 1. The summed E-state index contributed by atoms with van der Waals surface area (Å²) in [4.78, 5) is 20.9. The number of aromatic nitrogens is 2. The molecule has 2 aromatic carbocycles. The second kappa shape index (κ2) is 7.09. The molecule has 0 unspecified atom stereocenters. The van der Waals surface area contributed by atoms with Crippen molar-refractivity contribution in [1.29, 1.82) is 0 Å². The fourth-order valence-electron chi connectivity index (χ4n) is 2.38. The number of aryl methyl sites for hydroxylation is 2. The third-order valence-corrected chi connectivity index (χ3v) is 3.44. The summed E-state index contributed by atoms with van der Waals surface area (Å²) in [6.07, 6.45) is 0. The van der Waals surface area contributed by atoms with Gasteiger partial charge in [0.15, 0.2) is 0 Å². The molecule has 0 aliphatic heterocycles. The normalized spacial score (nSPS) is 10.4. The van der Waals surface area contributed by atoms with Gasteiger partial charge in [0, 0.05) is 17.4 Å². The monoisotopic (exact) mass is 336 g/mol. The van der Waals surface area contributed by atoms with E-state index >= 15 is 0 Å². The van der Waals surface area contributed by atoms with E-state index in [1.165, 1.54) is 18.2 Å². The summed E-state index contributed by atoms with van der Waals surface area (Å²) in [5.74, 6) is 0.176. The maximum Gasteiger partial charge on any atom is 0.274 e. The first-order chi connectivity index (χ1) is 12.0. The zero-order chi connectivity index (χ0) is 17.8. The van der Waals surface area contributed by atoms with Crippen molar-refractivity contribution in [3.05, 3.63) is 77.5 Å². The van der Waals surface area contributed by atoms with Gasteiger partial charge in [-0.3, -0.25) is 4.79 Å². The van der Waals surface area contributed by atoms with Crippen LogP contribution >= 0.6 is 0 Å². The lowest BCUT2D eigenvalue weighted by atomic mass is 10.2. The topological polar surface area (TPSA) is 66.9 Å². The van der Waals surface area contributed by atoms with Crippen LogP contribution in [0.25, 0.3) is 0 Å². The summed E-state index contributed by atoms with van der Waals surface area (Å²) in [5.41, 5.74) is 2.52. The maximum absolute atomic E-state index is 13.3. The van der Waals surface area contributed by atoms with Crippen molar-refractivity contribution in [3.63, 3.8) is 0 Å². The Bertz CT molecular complexity index is 927. The largest absolute Gasteiger partial charge is 0.340 e. The third kappa shape index (κ3) is 4.38. The Hall–Kier alpha value is -3.28. The zero-order valence-corrected chi connectivity index (χ0v) is 13.9. The molecule has 0 saturated carbocycles. The van der Waals surface area contributed by atoms with E-state index in [1.54, 1.807) is 19.1 Å². The van der Waals surface area contributed by atoms with E-state index in [0.29, 0.717) is 23.0 Å². The third-order valence-electron chi connectivity index (χ3n) is 3.44. The van der Waals surface area contributed by atoms with E-state index in [2.05, 4.69) is 20.6 Å². The lowest BCUT2D eigenvalue weighted by Gasteiger charge is -2.09. The molecule has 0 aliphatic carbocycles. The van der Waals surface area contributed by atoms with Crippen LogP contribution in [0.2, 0.25) is 0 Å². The number of carbonyl (C=O) groups is 1. The smallest absolute Gasteiger partial charge is 0.274 e. The second-order valence-electron chi connectivity index (χ2n) is 5.64. The van der Waals surface area contributed by atoms with Gasteiger partial charge in [0.25, 0.3) is 5.91 Å². The molecule has 0 bridgehead atoms. The molecule has 0 spiro atoms. The summed E-state index contributed by atoms with van der Waals surface area (Å²) < 4.78 is 13.3. The highest BCUT2D eigenvalue weighted by molar-refractivity contribution is 6.03. The van der Waals surface area contributed by atoms with Gasteiger partial charge in [0.1, 0.15) is 23.2 Å². The zero-order valence-electron chi connectivity index (χ0n) is 13.9. The number of nitrogens with zero attached hydrogens (tertiary/aromatic N) is 2. The van der Waals surface area contributed by atoms with Gasteiger partial charge >= 0.3 is 0 Å². The van der Waals surface area contributed by atoms with Crippen molar-refractivity contribution in [2.24, 2.45) is 0 Å². The van der Waals surface area contributed by atoms with Crippen LogP contribution in [-0.4, -0.2) is 15.9 Å². The molecule has 126 valence electrons. The van der Waals surface area contributed by atoms with Gasteiger partial charge in [0.05, 0.1) is 0 Å². The molecular formula is C19H17FN4O. The summed E-state index contributed by atoms with van der Waals surface area (Å²) in [6.45, 7) is 3.64. The maximum atomic E-state index is 13.3. The molecule has 6 heteroatoms. The predicted molar refractivity (Wildman–Crippen MR) is 95.6 cm³/mol. The number of carbonyl (C=O) groups excluding carboxylic acids is 1. The molecule has 1 heterocycles. The van der Waals surface area contributed by atoms with E-state index in [1.807, 2.05) is 31.2 Å². The van der Waals surface area contributed by atoms with E-state index in [0.717, 1.165) is 5.56 Å². The number of hydrogen-bond acceptors (Lipinski definition) is 4. The Kier molecular flexibility index (Phi) is 4.70. The summed E-state index contributed by atoms with van der Waals surface area (Å²) in [7, 11) is 0. The van der Waals surface area contributed by atoms with Crippen LogP contribution in [0, 0.1) is 19.7 Å². The average molecular weight is 336 g/mol. The van der Waals surface area contributed by atoms with Crippen LogP contribution in [0.1, 0.15) is 21.9 Å². The Balaban J connectivity index is 1.82. The van der Waals surface area contributed by atoms with Gasteiger partial charge in [-0.2, -0.15) is 0 Å². The summed E-state index contributed by atoms with van der Waals surface area (Å²) in [5, 5.41) is 5.79. The number of nitrogens with one attached hydrogen (secondary N) is 2. The molecule has 2 N–H and O–H groups in total. The molecule has 1 amide bonds. The molecule has 1 aromatic heterocycles. The van der Waals surface area contributed by atoms with Crippen molar-refractivity contribution in [2.45, 2.75) is 13.8 Å². The van der Waals surface area contributed by atoms with Crippen LogP contribution < -0.4 is 10.6 Å². The lowest BCUT2D eigenvalue weighted by molar-refractivity contribution is 0.102. The Morgan fingerprint density at radius 3 is 2.48 bits per heavy atom. The molecule has 25 heavy (non-hydrogen) atoms. The first-order valence-corrected chi connectivity index (χ1v) is 7.76. The predicted octanol–water partition coefficient (Wildman–Crippen LogP) is 4.23. The highest BCUT2D eigenvalue weighted by Gasteiger charge is 2.11. The van der Waals surface area contributed by atoms with Crippen LogP contribution in [0.3, 0.4) is 0 Å². The highest BCUT2D eigenvalue weighted by atomic mass is 19.1. The Morgan fingerprint density at radius 1 is 0.960 bits per heavy atom. The van der Waals surface area contributed by atoms with Crippen molar-refractivity contribution in [1.82, 2.24) is 9.97 Å². The van der Waals surface area contributed by atoms with Crippen molar-refractivity contribution < 1.29 is 9.18 Å². The molecule has 0 radical (unpaired) electrons. The minimum atomic E-state index is -0.354. The number of benzene rings is 2. The number of rotatable bonds is 4. The van der Waals surface area contributed by atoms with Gasteiger partial charge in [-0.15, -0.1) is 0 Å². The van der Waals surface area contributed by atoms with Gasteiger partial charge in [-0.05, 0) is 49.7 Å². The first-order valence-electron chi connectivity index (χ1n) is 7.76. The quantitative estimate of drug-likeness (QED) is 0.748. The highest BCUT2D eigenvalue weighted by Crippen LogP contribution is 2.17. The molecule has 0 atom stereocenters. The fraction of sp³-hybridized carbons (Fsp3) is 0.105. The molecular weight excluding hydrogens is 319 g/mol. The number of hydrogen-bond donors (Lipinski definition) is 2. The van der Waals surface area contributed by atoms with Crippen LogP contribution in [0.5, 0.6) is 0 Å². The van der Waals surface area contributed by atoms with Gasteiger partial charge in [-0.25, -0.2) is 14.4 Å². The SMILES string of the molecule is Cc1cccc(NC(=O)c2cc(Nc3cccc(F)c3)nc(C)n2)c1. The van der Waals surface area contributed by atoms with Crippen LogP contribution in [0.15, 0.2) is 54.6 Å². The minimum Gasteiger partial charge on any atom is -0.340 e. The standard InChI is InChI=1S/C19H17FN4O/c1-12-5-3-7-15(9-12)24-19(25)17-11-18(22-13(2)21-17)23-16-8-4-6-14(20)10-16/h3-11H,1-2H3,(H,24,25)(H,21,22,23). The van der Waals surface area contributed by atoms with Gasteiger partial charge in [0.2, 0.25) is 0 Å². The van der Waals surface area contributed by atoms with Gasteiger partial charge in [-0.1, -0.05) is 18.2 Å². The molecule has 5 nitrogen and oxygen atoms in total. The molecule has 0 aliphatic rings. The molecule has 3 aromatic rings.